The Hall–Kier alpha value is -2.01. The third kappa shape index (κ3) is 3.98. The van der Waals surface area contributed by atoms with E-state index in [9.17, 15) is 13.2 Å². The minimum atomic E-state index is -4.31. The molecule has 2 aromatic rings. The highest BCUT2D eigenvalue weighted by atomic mass is 19.4. The minimum absolute atomic E-state index is 0.162. The lowest BCUT2D eigenvalue weighted by Crippen LogP contribution is -2.36. The van der Waals surface area contributed by atoms with Gasteiger partial charge in [0.2, 0.25) is 0 Å². The summed E-state index contributed by atoms with van der Waals surface area (Å²) in [5.41, 5.74) is 0.318. The second-order valence-electron chi connectivity index (χ2n) is 7.50. The molecule has 1 saturated heterocycles. The van der Waals surface area contributed by atoms with E-state index in [1.165, 1.54) is 25.5 Å². The third-order valence-electron chi connectivity index (χ3n) is 5.42. The summed E-state index contributed by atoms with van der Waals surface area (Å²) in [6.45, 7) is 3.85. The number of benzene rings is 2. The standard InChI is InChI=1S/C22H25F3NO/c1-21(2,22(23,24)25)18-11-12-20(27-3)17(14-18)15-26-13-7-10-19(26)16-8-5-4-6-9-16/h4-6,8-12,14,19H,7,13,15H2,1-3H3. The van der Waals surface area contributed by atoms with Crippen LogP contribution < -0.4 is 4.74 Å². The maximum Gasteiger partial charge on any atom is 0.397 e. The Morgan fingerprint density at radius 3 is 2.41 bits per heavy atom. The van der Waals surface area contributed by atoms with Crippen LogP contribution in [0.4, 0.5) is 13.2 Å². The molecule has 2 nitrogen and oxygen atoms in total. The van der Waals surface area contributed by atoms with Crippen molar-refractivity contribution in [2.24, 2.45) is 0 Å². The smallest absolute Gasteiger partial charge is 0.397 e. The Morgan fingerprint density at radius 2 is 1.78 bits per heavy atom. The fourth-order valence-electron chi connectivity index (χ4n) is 3.53. The van der Waals surface area contributed by atoms with Crippen LogP contribution in [0.1, 0.15) is 43.0 Å². The predicted octanol–water partition coefficient (Wildman–Crippen LogP) is 5.69. The van der Waals surface area contributed by atoms with E-state index in [-0.39, 0.29) is 11.6 Å². The summed E-state index contributed by atoms with van der Waals surface area (Å²) in [6, 6.07) is 15.1. The summed E-state index contributed by atoms with van der Waals surface area (Å²) >= 11 is 0. The second-order valence-corrected chi connectivity index (χ2v) is 7.50. The predicted molar refractivity (Wildman–Crippen MR) is 101 cm³/mol. The zero-order chi connectivity index (χ0) is 19.7. The van der Waals surface area contributed by atoms with Gasteiger partial charge in [0.25, 0.3) is 0 Å². The van der Waals surface area contributed by atoms with Crippen LogP contribution in [0.5, 0.6) is 5.75 Å². The van der Waals surface area contributed by atoms with Crippen molar-refractivity contribution in [2.75, 3.05) is 13.7 Å². The number of halogens is 3. The van der Waals surface area contributed by atoms with Gasteiger partial charge in [-0.25, -0.2) is 0 Å². The molecule has 1 heterocycles. The van der Waals surface area contributed by atoms with E-state index in [4.69, 9.17) is 4.74 Å². The van der Waals surface area contributed by atoms with Gasteiger partial charge in [-0.1, -0.05) is 36.4 Å². The van der Waals surface area contributed by atoms with Crippen LogP contribution in [-0.2, 0) is 12.0 Å². The number of alkyl halides is 3. The van der Waals surface area contributed by atoms with Crippen molar-refractivity contribution in [3.05, 3.63) is 71.6 Å². The molecule has 5 heteroatoms. The molecule has 1 fully saturated rings. The van der Waals surface area contributed by atoms with Crippen LogP contribution in [0.3, 0.4) is 0 Å². The van der Waals surface area contributed by atoms with Gasteiger partial charge in [0.15, 0.2) is 0 Å². The first-order chi connectivity index (χ1) is 12.7. The molecule has 0 spiro atoms. The highest BCUT2D eigenvalue weighted by molar-refractivity contribution is 5.41. The average molecular weight is 376 g/mol. The first-order valence-electron chi connectivity index (χ1n) is 9.10. The van der Waals surface area contributed by atoms with Crippen molar-refractivity contribution in [3.8, 4) is 5.75 Å². The van der Waals surface area contributed by atoms with Crippen LogP contribution in [0.15, 0.2) is 48.5 Å². The van der Waals surface area contributed by atoms with Gasteiger partial charge in [-0.2, -0.15) is 13.2 Å². The van der Waals surface area contributed by atoms with Crippen molar-refractivity contribution in [2.45, 2.75) is 44.4 Å². The van der Waals surface area contributed by atoms with Crippen molar-refractivity contribution in [3.63, 3.8) is 0 Å². The molecule has 0 aromatic heterocycles. The first-order valence-corrected chi connectivity index (χ1v) is 9.10. The molecule has 27 heavy (non-hydrogen) atoms. The summed E-state index contributed by atoms with van der Waals surface area (Å²) in [6.07, 6.45) is -1.10. The molecular weight excluding hydrogens is 351 g/mol. The second kappa shape index (κ2) is 7.55. The Morgan fingerprint density at radius 1 is 1.07 bits per heavy atom. The number of methoxy groups -OCH3 is 1. The molecule has 0 amide bonds. The van der Waals surface area contributed by atoms with Crippen LogP contribution >= 0.6 is 0 Å². The summed E-state index contributed by atoms with van der Waals surface area (Å²) in [4.78, 5) is 2.28. The molecule has 0 saturated carbocycles. The van der Waals surface area contributed by atoms with E-state index in [0.29, 0.717) is 12.3 Å². The van der Waals surface area contributed by atoms with E-state index in [0.717, 1.165) is 18.5 Å². The van der Waals surface area contributed by atoms with Crippen molar-refractivity contribution in [1.29, 1.82) is 0 Å². The van der Waals surface area contributed by atoms with Gasteiger partial charge in [0.1, 0.15) is 5.75 Å². The number of rotatable bonds is 5. The molecule has 1 aliphatic rings. The molecule has 145 valence electrons. The topological polar surface area (TPSA) is 12.5 Å². The van der Waals surface area contributed by atoms with Crippen molar-refractivity contribution in [1.82, 2.24) is 4.90 Å². The summed E-state index contributed by atoms with van der Waals surface area (Å²) in [7, 11) is 1.55. The van der Waals surface area contributed by atoms with Gasteiger partial charge in [-0.15, -0.1) is 0 Å². The summed E-state index contributed by atoms with van der Waals surface area (Å²) in [5, 5.41) is 0. The normalized spacial score (nSPS) is 18.7. The van der Waals surface area contributed by atoms with Gasteiger partial charge in [-0.05, 0) is 56.5 Å². The highest BCUT2D eigenvalue weighted by Gasteiger charge is 2.48. The van der Waals surface area contributed by atoms with E-state index < -0.39 is 11.6 Å². The molecule has 0 N–H and O–H groups in total. The van der Waals surface area contributed by atoms with E-state index in [2.05, 4.69) is 23.5 Å². The van der Waals surface area contributed by atoms with Crippen LogP contribution in [0.25, 0.3) is 0 Å². The Labute approximate surface area is 159 Å². The number of hydrogen-bond acceptors (Lipinski definition) is 2. The van der Waals surface area contributed by atoms with E-state index >= 15 is 0 Å². The summed E-state index contributed by atoms with van der Waals surface area (Å²) < 4.78 is 45.9. The maximum atomic E-state index is 13.5. The van der Waals surface area contributed by atoms with Crippen molar-refractivity contribution >= 4 is 0 Å². The SMILES string of the molecule is COc1ccc(C(C)(C)C(F)(F)F)cc1CN1CC[CH]C1c1ccccc1. The number of likely N-dealkylation sites (tertiary alicyclic amines) is 1. The molecule has 1 aliphatic heterocycles. The van der Waals surface area contributed by atoms with Crippen LogP contribution in [-0.4, -0.2) is 24.7 Å². The van der Waals surface area contributed by atoms with Gasteiger partial charge >= 0.3 is 6.18 Å². The highest BCUT2D eigenvalue weighted by Crippen LogP contribution is 2.42. The lowest BCUT2D eigenvalue weighted by molar-refractivity contribution is -0.180. The third-order valence-corrected chi connectivity index (χ3v) is 5.42. The molecule has 1 atom stereocenters. The van der Waals surface area contributed by atoms with E-state index in [1.54, 1.807) is 19.2 Å². The minimum Gasteiger partial charge on any atom is -0.496 e. The quantitative estimate of drug-likeness (QED) is 0.665. The molecular formula is C22H25F3NO. The fraction of sp³-hybridized carbons (Fsp3) is 0.409. The maximum absolute atomic E-state index is 13.5. The largest absolute Gasteiger partial charge is 0.496 e. The Balaban J connectivity index is 1.90. The zero-order valence-electron chi connectivity index (χ0n) is 15.9. The van der Waals surface area contributed by atoms with Gasteiger partial charge in [0, 0.05) is 18.2 Å². The Bertz CT molecular complexity index is 771. The first kappa shape index (κ1) is 19.7. The Kier molecular flexibility index (Phi) is 5.52. The monoisotopic (exact) mass is 376 g/mol. The number of nitrogens with zero attached hydrogens (tertiary/aromatic N) is 1. The van der Waals surface area contributed by atoms with Crippen LogP contribution in [0.2, 0.25) is 0 Å². The lowest BCUT2D eigenvalue weighted by Gasteiger charge is -2.30. The molecule has 1 radical (unpaired) electrons. The van der Waals surface area contributed by atoms with Gasteiger partial charge in [0.05, 0.1) is 12.5 Å². The lowest BCUT2D eigenvalue weighted by atomic mass is 9.83. The van der Waals surface area contributed by atoms with Gasteiger partial charge in [-0.3, -0.25) is 4.90 Å². The molecule has 3 rings (SSSR count). The fourth-order valence-corrected chi connectivity index (χ4v) is 3.53. The molecule has 1 unspecified atom stereocenters. The molecule has 0 bridgehead atoms. The molecule has 0 aliphatic carbocycles. The van der Waals surface area contributed by atoms with Gasteiger partial charge < -0.3 is 4.74 Å². The van der Waals surface area contributed by atoms with Crippen molar-refractivity contribution < 1.29 is 17.9 Å². The van der Waals surface area contributed by atoms with Crippen LogP contribution in [0, 0.1) is 6.42 Å². The van der Waals surface area contributed by atoms with E-state index in [1.807, 2.05) is 18.2 Å². The number of hydrogen-bond donors (Lipinski definition) is 0. The number of ether oxygens (including phenoxy) is 1. The molecule has 2 aromatic carbocycles. The zero-order valence-corrected chi connectivity index (χ0v) is 15.9. The summed E-state index contributed by atoms with van der Waals surface area (Å²) in [5.74, 6) is 0.621. The average Bonchev–Trinajstić information content (AvgIpc) is 3.09.